The molecule has 0 saturated carbocycles. The van der Waals surface area contributed by atoms with Crippen LogP contribution in [0.4, 0.5) is 5.69 Å². The minimum atomic E-state index is 0.553. The number of hydrogen-bond acceptors (Lipinski definition) is 2. The van der Waals surface area contributed by atoms with Crippen LogP contribution >= 0.6 is 27.5 Å². The van der Waals surface area contributed by atoms with Crippen LogP contribution in [-0.2, 0) is 0 Å². The fraction of sp³-hybridized carbons (Fsp3) is 0.571. The summed E-state index contributed by atoms with van der Waals surface area (Å²) in [6, 6.07) is 7.26. The van der Waals surface area contributed by atoms with Crippen LogP contribution < -0.4 is 5.32 Å². The highest BCUT2D eigenvalue weighted by molar-refractivity contribution is 9.10. The van der Waals surface area contributed by atoms with Gasteiger partial charge in [-0.2, -0.15) is 0 Å². The standard InChI is InChI=1S/C14H18BrClN2/c15-10-4-5-11(16)13(9-10)17-12-6-8-18-7-2-1-3-14(12)18/h4-5,9,12,14,17H,1-3,6-8H2. The lowest BCUT2D eigenvalue weighted by atomic mass is 9.99. The second kappa shape index (κ2) is 5.40. The van der Waals surface area contributed by atoms with Crippen molar-refractivity contribution in [3.05, 3.63) is 27.7 Å². The van der Waals surface area contributed by atoms with Crippen LogP contribution in [0.3, 0.4) is 0 Å². The van der Waals surface area contributed by atoms with Crippen molar-refractivity contribution >= 4 is 33.2 Å². The summed E-state index contributed by atoms with van der Waals surface area (Å²) in [6.07, 6.45) is 5.28. The first-order chi connectivity index (χ1) is 8.74. The first kappa shape index (κ1) is 12.8. The van der Waals surface area contributed by atoms with Crippen LogP contribution in [0, 0.1) is 0 Å². The van der Waals surface area contributed by atoms with Gasteiger partial charge < -0.3 is 5.32 Å². The third-order valence-electron chi connectivity index (χ3n) is 4.13. The highest BCUT2D eigenvalue weighted by Gasteiger charge is 2.35. The van der Waals surface area contributed by atoms with Gasteiger partial charge in [0.15, 0.2) is 0 Å². The molecule has 1 aromatic carbocycles. The summed E-state index contributed by atoms with van der Waals surface area (Å²) in [4.78, 5) is 2.63. The molecular formula is C14H18BrClN2. The second-order valence-electron chi connectivity index (χ2n) is 5.26. The van der Waals surface area contributed by atoms with Gasteiger partial charge in [-0.3, -0.25) is 4.90 Å². The van der Waals surface area contributed by atoms with E-state index in [0.717, 1.165) is 15.2 Å². The number of nitrogens with one attached hydrogen (secondary N) is 1. The Morgan fingerprint density at radius 3 is 3.00 bits per heavy atom. The fourth-order valence-corrected chi connectivity index (χ4v) is 3.76. The van der Waals surface area contributed by atoms with Crippen LogP contribution in [0.1, 0.15) is 25.7 Å². The minimum Gasteiger partial charge on any atom is -0.379 e. The molecule has 18 heavy (non-hydrogen) atoms. The molecule has 2 aliphatic rings. The molecule has 2 unspecified atom stereocenters. The Hall–Kier alpha value is -0.250. The molecule has 0 spiro atoms. The molecule has 0 aliphatic carbocycles. The smallest absolute Gasteiger partial charge is 0.0638 e. The van der Waals surface area contributed by atoms with Crippen molar-refractivity contribution in [1.29, 1.82) is 0 Å². The van der Waals surface area contributed by atoms with E-state index in [1.54, 1.807) is 0 Å². The van der Waals surface area contributed by atoms with E-state index in [2.05, 4.69) is 32.2 Å². The zero-order valence-corrected chi connectivity index (χ0v) is 12.7. The fourth-order valence-electron chi connectivity index (χ4n) is 3.22. The number of piperidine rings is 1. The Bertz CT molecular complexity index is 438. The van der Waals surface area contributed by atoms with Gasteiger partial charge in [0.05, 0.1) is 10.7 Å². The van der Waals surface area contributed by atoms with Gasteiger partial charge in [0, 0.05) is 23.1 Å². The monoisotopic (exact) mass is 328 g/mol. The summed E-state index contributed by atoms with van der Waals surface area (Å²) < 4.78 is 1.08. The van der Waals surface area contributed by atoms with E-state index in [1.807, 2.05) is 12.1 Å². The third-order valence-corrected chi connectivity index (χ3v) is 4.95. The Kier molecular flexibility index (Phi) is 3.83. The van der Waals surface area contributed by atoms with Crippen molar-refractivity contribution in [1.82, 2.24) is 4.90 Å². The summed E-state index contributed by atoms with van der Waals surface area (Å²) in [5.74, 6) is 0. The topological polar surface area (TPSA) is 15.3 Å². The van der Waals surface area contributed by atoms with Crippen molar-refractivity contribution in [2.24, 2.45) is 0 Å². The summed E-state index contributed by atoms with van der Waals surface area (Å²) in [7, 11) is 0. The second-order valence-corrected chi connectivity index (χ2v) is 6.59. The molecule has 98 valence electrons. The minimum absolute atomic E-state index is 0.553. The number of fused-ring (bicyclic) bond motifs is 1. The van der Waals surface area contributed by atoms with E-state index >= 15 is 0 Å². The molecule has 2 heterocycles. The molecule has 2 nitrogen and oxygen atoms in total. The van der Waals surface area contributed by atoms with Crippen LogP contribution in [0.15, 0.2) is 22.7 Å². The lowest BCUT2D eigenvalue weighted by molar-refractivity contribution is 0.193. The SMILES string of the molecule is Clc1ccc(Br)cc1NC1CCN2CCCCC12. The largest absolute Gasteiger partial charge is 0.379 e. The Balaban J connectivity index is 1.74. The van der Waals surface area contributed by atoms with Gasteiger partial charge in [-0.05, 0) is 44.0 Å². The molecule has 1 aromatic rings. The molecule has 2 saturated heterocycles. The van der Waals surface area contributed by atoms with Gasteiger partial charge in [-0.1, -0.05) is 34.0 Å². The molecule has 1 N–H and O–H groups in total. The molecule has 0 amide bonds. The van der Waals surface area contributed by atoms with E-state index in [-0.39, 0.29) is 0 Å². The summed E-state index contributed by atoms with van der Waals surface area (Å²) in [6.45, 7) is 2.50. The first-order valence-corrected chi connectivity index (χ1v) is 7.87. The van der Waals surface area contributed by atoms with Gasteiger partial charge in [0.25, 0.3) is 0 Å². The van der Waals surface area contributed by atoms with E-state index in [1.165, 1.54) is 38.8 Å². The van der Waals surface area contributed by atoms with E-state index in [0.29, 0.717) is 12.1 Å². The Morgan fingerprint density at radius 1 is 1.22 bits per heavy atom. The summed E-state index contributed by atoms with van der Waals surface area (Å²) in [5.41, 5.74) is 1.06. The normalized spacial score (nSPS) is 28.1. The third kappa shape index (κ3) is 2.54. The maximum atomic E-state index is 6.25. The van der Waals surface area contributed by atoms with Gasteiger partial charge in [-0.25, -0.2) is 0 Å². The van der Waals surface area contributed by atoms with Crippen LogP contribution in [0.2, 0.25) is 5.02 Å². The van der Waals surface area contributed by atoms with Crippen LogP contribution in [0.5, 0.6) is 0 Å². The van der Waals surface area contributed by atoms with Crippen molar-refractivity contribution in [2.45, 2.75) is 37.8 Å². The van der Waals surface area contributed by atoms with Crippen LogP contribution in [0.25, 0.3) is 0 Å². The average Bonchev–Trinajstić information content (AvgIpc) is 2.78. The zero-order chi connectivity index (χ0) is 12.5. The number of rotatable bonds is 2. The number of nitrogens with zero attached hydrogens (tertiary/aromatic N) is 1. The molecule has 0 radical (unpaired) electrons. The number of hydrogen-bond donors (Lipinski definition) is 1. The Labute approximate surface area is 122 Å². The molecule has 2 fully saturated rings. The van der Waals surface area contributed by atoms with Crippen molar-refractivity contribution in [3.8, 4) is 0 Å². The predicted molar refractivity (Wildman–Crippen MR) is 80.4 cm³/mol. The maximum absolute atomic E-state index is 6.25. The van der Waals surface area contributed by atoms with Crippen LogP contribution in [-0.4, -0.2) is 30.1 Å². The van der Waals surface area contributed by atoms with Crippen molar-refractivity contribution in [2.75, 3.05) is 18.4 Å². The molecule has 2 aliphatic heterocycles. The van der Waals surface area contributed by atoms with Gasteiger partial charge in [0.2, 0.25) is 0 Å². The highest BCUT2D eigenvalue weighted by Crippen LogP contribution is 2.32. The average molecular weight is 330 g/mol. The first-order valence-electron chi connectivity index (χ1n) is 6.70. The zero-order valence-electron chi connectivity index (χ0n) is 10.3. The van der Waals surface area contributed by atoms with Crippen molar-refractivity contribution < 1.29 is 0 Å². The number of benzene rings is 1. The Morgan fingerprint density at radius 2 is 2.11 bits per heavy atom. The van der Waals surface area contributed by atoms with E-state index in [9.17, 15) is 0 Å². The van der Waals surface area contributed by atoms with Gasteiger partial charge >= 0.3 is 0 Å². The summed E-state index contributed by atoms with van der Waals surface area (Å²) >= 11 is 9.76. The quantitative estimate of drug-likeness (QED) is 0.877. The maximum Gasteiger partial charge on any atom is 0.0638 e. The molecule has 2 atom stereocenters. The lowest BCUT2D eigenvalue weighted by Crippen LogP contribution is -2.41. The highest BCUT2D eigenvalue weighted by atomic mass is 79.9. The van der Waals surface area contributed by atoms with Gasteiger partial charge in [0.1, 0.15) is 0 Å². The van der Waals surface area contributed by atoms with E-state index < -0.39 is 0 Å². The molecular weight excluding hydrogens is 312 g/mol. The molecule has 3 rings (SSSR count). The summed E-state index contributed by atoms with van der Waals surface area (Å²) in [5, 5.41) is 4.46. The lowest BCUT2D eigenvalue weighted by Gasteiger charge is -2.33. The number of anilines is 1. The van der Waals surface area contributed by atoms with E-state index in [4.69, 9.17) is 11.6 Å². The predicted octanol–water partition coefficient (Wildman–Crippen LogP) is 4.14. The van der Waals surface area contributed by atoms with Gasteiger partial charge in [-0.15, -0.1) is 0 Å². The molecule has 0 bridgehead atoms. The molecule has 0 aromatic heterocycles. The molecule has 4 heteroatoms. The number of halogens is 2. The van der Waals surface area contributed by atoms with Crippen molar-refractivity contribution in [3.63, 3.8) is 0 Å².